The molecular formula is C17H17F2N3O3. The van der Waals surface area contributed by atoms with E-state index in [1.807, 2.05) is 0 Å². The Hall–Kier alpha value is -3.00. The molecule has 0 atom stereocenters. The zero-order chi connectivity index (χ0) is 18.2. The molecule has 0 heterocycles. The van der Waals surface area contributed by atoms with E-state index in [0.717, 1.165) is 12.1 Å². The van der Waals surface area contributed by atoms with Gasteiger partial charge in [0.15, 0.2) is 11.6 Å². The summed E-state index contributed by atoms with van der Waals surface area (Å²) >= 11 is 0. The summed E-state index contributed by atoms with van der Waals surface area (Å²) < 4.78 is 30.7. The molecular weight excluding hydrogens is 332 g/mol. The van der Waals surface area contributed by atoms with Crippen molar-refractivity contribution in [2.24, 2.45) is 0 Å². The summed E-state index contributed by atoms with van der Waals surface area (Å²) in [6.45, 7) is -0.150. The number of benzene rings is 2. The smallest absolute Gasteiger partial charge is 0.250 e. The van der Waals surface area contributed by atoms with Crippen molar-refractivity contribution < 1.29 is 23.1 Å². The van der Waals surface area contributed by atoms with Gasteiger partial charge in [-0.25, -0.2) is 8.78 Å². The maximum Gasteiger partial charge on any atom is 0.250 e. The minimum atomic E-state index is -1.04. The summed E-state index contributed by atoms with van der Waals surface area (Å²) in [5.74, 6) is -2.75. The number of carbonyl (C=O) groups is 2. The molecule has 0 unspecified atom stereocenters. The van der Waals surface area contributed by atoms with E-state index >= 15 is 0 Å². The predicted octanol–water partition coefficient (Wildman–Crippen LogP) is 2.60. The van der Waals surface area contributed by atoms with Gasteiger partial charge >= 0.3 is 0 Å². The Morgan fingerprint density at radius 1 is 0.920 bits per heavy atom. The van der Waals surface area contributed by atoms with E-state index in [9.17, 15) is 18.4 Å². The van der Waals surface area contributed by atoms with Crippen LogP contribution in [0.3, 0.4) is 0 Å². The molecule has 0 spiro atoms. The van der Waals surface area contributed by atoms with Gasteiger partial charge < -0.3 is 20.7 Å². The number of hydrogen-bond donors (Lipinski definition) is 3. The van der Waals surface area contributed by atoms with Crippen molar-refractivity contribution in [3.05, 3.63) is 54.1 Å². The van der Waals surface area contributed by atoms with Gasteiger partial charge in [-0.2, -0.15) is 0 Å². The highest BCUT2D eigenvalue weighted by atomic mass is 19.2. The Balaban J connectivity index is 1.88. The fourth-order valence-corrected chi connectivity index (χ4v) is 2.00. The SMILES string of the molecule is COCC(=O)Nc1cccc(NCC(=O)Nc2ccc(F)c(F)c2)c1. The molecule has 25 heavy (non-hydrogen) atoms. The van der Waals surface area contributed by atoms with Gasteiger partial charge in [0.25, 0.3) is 0 Å². The third-order valence-corrected chi connectivity index (χ3v) is 3.08. The Morgan fingerprint density at radius 3 is 2.32 bits per heavy atom. The van der Waals surface area contributed by atoms with Crippen molar-refractivity contribution >= 4 is 28.9 Å². The first-order valence-corrected chi connectivity index (χ1v) is 7.35. The third kappa shape index (κ3) is 5.85. The molecule has 2 rings (SSSR count). The van der Waals surface area contributed by atoms with Crippen molar-refractivity contribution in [1.82, 2.24) is 0 Å². The second kappa shape index (κ2) is 8.74. The van der Waals surface area contributed by atoms with E-state index in [0.29, 0.717) is 11.4 Å². The number of anilines is 3. The van der Waals surface area contributed by atoms with Gasteiger partial charge in [-0.05, 0) is 30.3 Å². The lowest BCUT2D eigenvalue weighted by atomic mass is 10.2. The lowest BCUT2D eigenvalue weighted by Gasteiger charge is -2.10. The summed E-state index contributed by atoms with van der Waals surface area (Å²) in [4.78, 5) is 23.3. The summed E-state index contributed by atoms with van der Waals surface area (Å²) in [5.41, 5.74) is 1.31. The number of nitrogens with one attached hydrogen (secondary N) is 3. The topological polar surface area (TPSA) is 79.5 Å². The molecule has 2 amide bonds. The zero-order valence-electron chi connectivity index (χ0n) is 13.4. The van der Waals surface area contributed by atoms with Gasteiger partial charge in [0, 0.05) is 30.2 Å². The summed E-state index contributed by atoms with van der Waals surface area (Å²) in [7, 11) is 1.42. The minimum absolute atomic E-state index is 0.0612. The first-order valence-electron chi connectivity index (χ1n) is 7.35. The molecule has 0 aliphatic rings. The van der Waals surface area contributed by atoms with E-state index in [1.54, 1.807) is 24.3 Å². The maximum atomic E-state index is 13.1. The Labute approximate surface area is 143 Å². The number of rotatable bonds is 7. The highest BCUT2D eigenvalue weighted by molar-refractivity contribution is 5.94. The van der Waals surface area contributed by atoms with Crippen LogP contribution in [0, 0.1) is 11.6 Å². The number of halogens is 2. The van der Waals surface area contributed by atoms with E-state index in [2.05, 4.69) is 16.0 Å². The van der Waals surface area contributed by atoms with Gasteiger partial charge in [0.05, 0.1) is 6.54 Å². The molecule has 132 valence electrons. The minimum Gasteiger partial charge on any atom is -0.376 e. The summed E-state index contributed by atoms with van der Waals surface area (Å²) in [5, 5.41) is 7.96. The third-order valence-electron chi connectivity index (χ3n) is 3.08. The molecule has 0 radical (unpaired) electrons. The van der Waals surface area contributed by atoms with Crippen LogP contribution >= 0.6 is 0 Å². The van der Waals surface area contributed by atoms with E-state index in [-0.39, 0.29) is 24.7 Å². The molecule has 0 aromatic heterocycles. The highest BCUT2D eigenvalue weighted by Gasteiger charge is 2.07. The number of amides is 2. The number of methoxy groups -OCH3 is 1. The first kappa shape index (κ1) is 18.3. The van der Waals surface area contributed by atoms with Crippen molar-refractivity contribution in [3.63, 3.8) is 0 Å². The lowest BCUT2D eigenvalue weighted by Crippen LogP contribution is -2.22. The van der Waals surface area contributed by atoms with Crippen LogP contribution < -0.4 is 16.0 Å². The molecule has 0 aliphatic heterocycles. The standard InChI is InChI=1S/C17H17F2N3O3/c1-25-10-17(24)22-12-4-2-3-11(7-12)20-9-16(23)21-13-5-6-14(18)15(19)8-13/h2-8,20H,9-10H2,1H3,(H,21,23)(H,22,24). The van der Waals surface area contributed by atoms with Crippen molar-refractivity contribution in [2.45, 2.75) is 0 Å². The average molecular weight is 349 g/mol. The van der Waals surface area contributed by atoms with Crippen LogP contribution in [0.25, 0.3) is 0 Å². The van der Waals surface area contributed by atoms with Crippen LogP contribution in [0.2, 0.25) is 0 Å². The molecule has 2 aromatic carbocycles. The van der Waals surface area contributed by atoms with Crippen molar-refractivity contribution in [2.75, 3.05) is 36.2 Å². The fraction of sp³-hybridized carbons (Fsp3) is 0.176. The van der Waals surface area contributed by atoms with Crippen LogP contribution in [0.4, 0.5) is 25.8 Å². The maximum absolute atomic E-state index is 13.1. The summed E-state index contributed by atoms with van der Waals surface area (Å²) in [6, 6.07) is 9.87. The van der Waals surface area contributed by atoms with Gasteiger partial charge in [0.1, 0.15) is 6.61 Å². The molecule has 8 heteroatoms. The van der Waals surface area contributed by atoms with Crippen molar-refractivity contribution in [1.29, 1.82) is 0 Å². The second-order valence-electron chi connectivity index (χ2n) is 5.09. The zero-order valence-corrected chi connectivity index (χ0v) is 13.4. The van der Waals surface area contributed by atoms with Gasteiger partial charge in [-0.15, -0.1) is 0 Å². The van der Waals surface area contributed by atoms with Crippen LogP contribution in [0.5, 0.6) is 0 Å². The fourth-order valence-electron chi connectivity index (χ4n) is 2.00. The van der Waals surface area contributed by atoms with E-state index < -0.39 is 17.5 Å². The molecule has 0 bridgehead atoms. The Kier molecular flexibility index (Phi) is 6.41. The number of hydrogen-bond acceptors (Lipinski definition) is 4. The normalized spacial score (nSPS) is 10.2. The predicted molar refractivity (Wildman–Crippen MR) is 90.4 cm³/mol. The lowest BCUT2D eigenvalue weighted by molar-refractivity contribution is -0.119. The molecule has 0 saturated heterocycles. The van der Waals surface area contributed by atoms with Crippen LogP contribution in [0.15, 0.2) is 42.5 Å². The van der Waals surface area contributed by atoms with Crippen LogP contribution in [-0.4, -0.2) is 32.1 Å². The average Bonchev–Trinajstić information content (AvgIpc) is 2.57. The molecule has 0 fully saturated rings. The van der Waals surface area contributed by atoms with E-state index in [1.165, 1.54) is 13.2 Å². The van der Waals surface area contributed by atoms with Crippen LogP contribution in [-0.2, 0) is 14.3 Å². The quantitative estimate of drug-likeness (QED) is 0.718. The Bertz CT molecular complexity index is 769. The first-order chi connectivity index (χ1) is 12.0. The second-order valence-corrected chi connectivity index (χ2v) is 5.09. The van der Waals surface area contributed by atoms with Crippen LogP contribution in [0.1, 0.15) is 0 Å². The van der Waals surface area contributed by atoms with Crippen molar-refractivity contribution in [3.8, 4) is 0 Å². The van der Waals surface area contributed by atoms with E-state index in [4.69, 9.17) is 4.74 Å². The molecule has 0 aliphatic carbocycles. The largest absolute Gasteiger partial charge is 0.376 e. The molecule has 0 saturated carbocycles. The number of ether oxygens (including phenoxy) is 1. The summed E-state index contributed by atoms with van der Waals surface area (Å²) in [6.07, 6.45) is 0. The highest BCUT2D eigenvalue weighted by Crippen LogP contribution is 2.15. The number of carbonyl (C=O) groups excluding carboxylic acids is 2. The molecule has 6 nitrogen and oxygen atoms in total. The van der Waals surface area contributed by atoms with Gasteiger partial charge in [-0.1, -0.05) is 6.07 Å². The molecule has 2 aromatic rings. The Morgan fingerprint density at radius 2 is 1.60 bits per heavy atom. The molecule has 3 N–H and O–H groups in total. The van der Waals surface area contributed by atoms with Gasteiger partial charge in [0.2, 0.25) is 11.8 Å². The monoisotopic (exact) mass is 349 g/mol. The van der Waals surface area contributed by atoms with Gasteiger partial charge in [-0.3, -0.25) is 9.59 Å².